The molecule has 1 fully saturated rings. The van der Waals surface area contributed by atoms with Crippen molar-refractivity contribution in [3.8, 4) is 0 Å². The fourth-order valence-corrected chi connectivity index (χ4v) is 2.91. The van der Waals surface area contributed by atoms with Crippen LogP contribution in [-0.4, -0.2) is 25.3 Å². The molecule has 106 valence electrons. The fraction of sp³-hybridized carbons (Fsp3) is 0.571. The van der Waals surface area contributed by atoms with Crippen LogP contribution in [0.25, 0.3) is 0 Å². The predicted molar refractivity (Wildman–Crippen MR) is 76.1 cm³/mol. The molecule has 1 aromatic carbocycles. The number of hydrogen-bond acceptors (Lipinski definition) is 3. The second-order valence-electron chi connectivity index (χ2n) is 5.20. The van der Waals surface area contributed by atoms with E-state index < -0.39 is 0 Å². The lowest BCUT2D eigenvalue weighted by molar-refractivity contribution is 0.0550. The van der Waals surface area contributed by atoms with Gasteiger partial charge in [0.1, 0.15) is 5.82 Å². The maximum atomic E-state index is 13.4. The van der Waals surface area contributed by atoms with Crippen LogP contribution in [0.15, 0.2) is 18.2 Å². The standard InChI is InChI=1S/C14H20ClFN2O/c1-19-13-2-4-14(9-17,5-3-13)18-12-7-10(15)6-11(16)8-12/h6-8,13,18H,2-5,9,17H2,1H3. The van der Waals surface area contributed by atoms with E-state index in [2.05, 4.69) is 5.32 Å². The lowest BCUT2D eigenvalue weighted by Gasteiger charge is -2.40. The summed E-state index contributed by atoms with van der Waals surface area (Å²) in [6.45, 7) is 0.511. The molecular formula is C14H20ClFN2O. The summed E-state index contributed by atoms with van der Waals surface area (Å²) < 4.78 is 18.7. The van der Waals surface area contributed by atoms with Crippen molar-refractivity contribution in [2.45, 2.75) is 37.3 Å². The van der Waals surface area contributed by atoms with Gasteiger partial charge in [-0.15, -0.1) is 0 Å². The number of nitrogens with two attached hydrogens (primary N) is 1. The molecule has 0 radical (unpaired) electrons. The van der Waals surface area contributed by atoms with E-state index in [9.17, 15) is 4.39 Å². The van der Waals surface area contributed by atoms with Crippen molar-refractivity contribution < 1.29 is 9.13 Å². The molecular weight excluding hydrogens is 267 g/mol. The SMILES string of the molecule is COC1CCC(CN)(Nc2cc(F)cc(Cl)c2)CC1. The van der Waals surface area contributed by atoms with Gasteiger partial charge in [-0.3, -0.25) is 0 Å². The Bertz CT molecular complexity index is 413. The Morgan fingerprint density at radius 2 is 2.11 bits per heavy atom. The first-order chi connectivity index (χ1) is 9.07. The number of methoxy groups -OCH3 is 1. The Morgan fingerprint density at radius 1 is 1.42 bits per heavy atom. The molecule has 5 heteroatoms. The van der Waals surface area contributed by atoms with Gasteiger partial charge in [-0.05, 0) is 43.9 Å². The second kappa shape index (κ2) is 6.07. The summed E-state index contributed by atoms with van der Waals surface area (Å²) in [5.41, 5.74) is 6.42. The van der Waals surface area contributed by atoms with Gasteiger partial charge in [-0.2, -0.15) is 0 Å². The van der Waals surface area contributed by atoms with Crippen LogP contribution in [0.5, 0.6) is 0 Å². The highest BCUT2D eigenvalue weighted by atomic mass is 35.5. The fourth-order valence-electron chi connectivity index (χ4n) is 2.69. The minimum atomic E-state index is -0.340. The summed E-state index contributed by atoms with van der Waals surface area (Å²) in [5.74, 6) is -0.340. The molecule has 0 heterocycles. The molecule has 2 rings (SSSR count). The summed E-state index contributed by atoms with van der Waals surface area (Å²) in [4.78, 5) is 0. The maximum Gasteiger partial charge on any atom is 0.126 e. The molecule has 0 atom stereocenters. The third-order valence-electron chi connectivity index (χ3n) is 3.89. The Kier molecular flexibility index (Phi) is 4.66. The molecule has 19 heavy (non-hydrogen) atoms. The number of benzene rings is 1. The maximum absolute atomic E-state index is 13.4. The van der Waals surface area contributed by atoms with Crippen LogP contribution in [0.2, 0.25) is 5.02 Å². The van der Waals surface area contributed by atoms with E-state index in [0.717, 1.165) is 25.7 Å². The monoisotopic (exact) mass is 286 g/mol. The van der Waals surface area contributed by atoms with Crippen LogP contribution >= 0.6 is 11.6 Å². The first-order valence-electron chi connectivity index (χ1n) is 6.54. The van der Waals surface area contributed by atoms with Crippen LogP contribution in [0.1, 0.15) is 25.7 Å². The minimum absolute atomic E-state index is 0.188. The summed E-state index contributed by atoms with van der Waals surface area (Å²) >= 11 is 5.87. The molecule has 0 unspecified atom stereocenters. The van der Waals surface area contributed by atoms with Crippen molar-refractivity contribution in [3.05, 3.63) is 29.0 Å². The van der Waals surface area contributed by atoms with Crippen molar-refractivity contribution in [1.29, 1.82) is 0 Å². The van der Waals surface area contributed by atoms with Gasteiger partial charge in [0, 0.05) is 29.9 Å². The zero-order chi connectivity index (χ0) is 13.9. The predicted octanol–water partition coefficient (Wildman–Crippen LogP) is 3.18. The van der Waals surface area contributed by atoms with Gasteiger partial charge in [-0.1, -0.05) is 11.6 Å². The molecule has 0 aromatic heterocycles. The molecule has 1 saturated carbocycles. The molecule has 0 spiro atoms. The average molecular weight is 287 g/mol. The number of anilines is 1. The van der Waals surface area contributed by atoms with E-state index in [1.165, 1.54) is 12.1 Å². The normalized spacial score (nSPS) is 27.3. The second-order valence-corrected chi connectivity index (χ2v) is 5.64. The molecule has 3 nitrogen and oxygen atoms in total. The summed E-state index contributed by atoms with van der Waals surface area (Å²) in [7, 11) is 1.74. The van der Waals surface area contributed by atoms with Crippen LogP contribution < -0.4 is 11.1 Å². The summed E-state index contributed by atoms with van der Waals surface area (Å²) in [5, 5.41) is 3.75. The van der Waals surface area contributed by atoms with Crippen LogP contribution in [0, 0.1) is 5.82 Å². The van der Waals surface area contributed by atoms with E-state index in [-0.39, 0.29) is 11.4 Å². The lowest BCUT2D eigenvalue weighted by Crippen LogP contribution is -2.49. The largest absolute Gasteiger partial charge is 0.381 e. The van der Waals surface area contributed by atoms with Crippen LogP contribution in [-0.2, 0) is 4.74 Å². The van der Waals surface area contributed by atoms with Crippen molar-refractivity contribution in [2.75, 3.05) is 19.0 Å². The number of halogens is 2. The highest BCUT2D eigenvalue weighted by molar-refractivity contribution is 6.30. The molecule has 0 bridgehead atoms. The number of ether oxygens (including phenoxy) is 1. The van der Waals surface area contributed by atoms with Crippen molar-refractivity contribution in [1.82, 2.24) is 0 Å². The van der Waals surface area contributed by atoms with Gasteiger partial charge in [0.25, 0.3) is 0 Å². The van der Waals surface area contributed by atoms with Crippen LogP contribution in [0.3, 0.4) is 0 Å². The van der Waals surface area contributed by atoms with Gasteiger partial charge in [0.2, 0.25) is 0 Å². The minimum Gasteiger partial charge on any atom is -0.381 e. The summed E-state index contributed by atoms with van der Waals surface area (Å²) in [6.07, 6.45) is 4.05. The number of rotatable bonds is 4. The Labute approximate surface area is 118 Å². The zero-order valence-corrected chi connectivity index (χ0v) is 11.8. The third-order valence-corrected chi connectivity index (χ3v) is 4.10. The Hall–Kier alpha value is -0.840. The van der Waals surface area contributed by atoms with E-state index >= 15 is 0 Å². The number of nitrogens with one attached hydrogen (secondary N) is 1. The molecule has 0 amide bonds. The average Bonchev–Trinajstić information content (AvgIpc) is 2.38. The molecule has 0 saturated heterocycles. The highest BCUT2D eigenvalue weighted by Crippen LogP contribution is 2.33. The van der Waals surface area contributed by atoms with Gasteiger partial charge >= 0.3 is 0 Å². The van der Waals surface area contributed by atoms with Crippen molar-refractivity contribution in [2.24, 2.45) is 5.73 Å². The van der Waals surface area contributed by atoms with Crippen LogP contribution in [0.4, 0.5) is 10.1 Å². The Morgan fingerprint density at radius 3 is 2.63 bits per heavy atom. The third kappa shape index (κ3) is 3.59. The first-order valence-corrected chi connectivity index (χ1v) is 6.92. The van der Waals surface area contributed by atoms with Crippen molar-refractivity contribution >= 4 is 17.3 Å². The van der Waals surface area contributed by atoms with E-state index in [0.29, 0.717) is 23.4 Å². The van der Waals surface area contributed by atoms with Gasteiger partial charge < -0.3 is 15.8 Å². The van der Waals surface area contributed by atoms with Gasteiger partial charge in [0.15, 0.2) is 0 Å². The first kappa shape index (κ1) is 14.6. The topological polar surface area (TPSA) is 47.3 Å². The van der Waals surface area contributed by atoms with E-state index in [4.69, 9.17) is 22.1 Å². The molecule has 3 N–H and O–H groups in total. The van der Waals surface area contributed by atoms with Gasteiger partial charge in [0.05, 0.1) is 6.10 Å². The lowest BCUT2D eigenvalue weighted by atomic mass is 9.80. The molecule has 1 aliphatic rings. The smallest absolute Gasteiger partial charge is 0.126 e. The van der Waals surface area contributed by atoms with E-state index in [1.54, 1.807) is 13.2 Å². The molecule has 1 aliphatic carbocycles. The van der Waals surface area contributed by atoms with Crippen molar-refractivity contribution in [3.63, 3.8) is 0 Å². The van der Waals surface area contributed by atoms with Gasteiger partial charge in [-0.25, -0.2) is 4.39 Å². The highest BCUT2D eigenvalue weighted by Gasteiger charge is 2.34. The number of hydrogen-bond donors (Lipinski definition) is 2. The molecule has 1 aromatic rings. The quantitative estimate of drug-likeness (QED) is 0.894. The summed E-state index contributed by atoms with van der Waals surface area (Å²) in [6, 6.07) is 4.47. The Balaban J connectivity index is 2.10. The zero-order valence-electron chi connectivity index (χ0n) is 11.1. The van der Waals surface area contributed by atoms with E-state index in [1.807, 2.05) is 0 Å². The molecule has 0 aliphatic heterocycles.